The molecule has 0 aliphatic carbocycles. The Hall–Kier alpha value is -3.68. The van der Waals surface area contributed by atoms with E-state index in [1.54, 1.807) is 26.1 Å². The standard InChI is InChI=1S/C22H23N3O5/c1-14(18(26)25(3)13-15-8-5-4-6-9-15)30-19(27)16-10-7-11-17(12-16)22(2)20(28)23-21(29)24-22/h4-12,14H,13H2,1-3H3,(H2,23,24,28,29). The van der Waals surface area contributed by atoms with Gasteiger partial charge in [-0.2, -0.15) is 0 Å². The molecule has 30 heavy (non-hydrogen) atoms. The molecule has 0 saturated carbocycles. The first kappa shape index (κ1) is 21.0. The predicted molar refractivity (Wildman–Crippen MR) is 108 cm³/mol. The van der Waals surface area contributed by atoms with Gasteiger partial charge in [-0.25, -0.2) is 9.59 Å². The summed E-state index contributed by atoms with van der Waals surface area (Å²) in [7, 11) is 1.64. The van der Waals surface area contributed by atoms with Crippen LogP contribution in [0.3, 0.4) is 0 Å². The summed E-state index contributed by atoms with van der Waals surface area (Å²) in [5, 5.41) is 4.73. The molecular formula is C22H23N3O5. The number of imide groups is 1. The van der Waals surface area contributed by atoms with Crippen LogP contribution in [0.4, 0.5) is 4.79 Å². The molecule has 8 nitrogen and oxygen atoms in total. The van der Waals surface area contributed by atoms with E-state index < -0.39 is 29.6 Å². The zero-order valence-electron chi connectivity index (χ0n) is 17.0. The number of benzene rings is 2. The van der Waals surface area contributed by atoms with Crippen LogP contribution < -0.4 is 10.6 Å². The van der Waals surface area contributed by atoms with Crippen molar-refractivity contribution in [1.82, 2.24) is 15.5 Å². The molecule has 2 unspecified atom stereocenters. The molecular weight excluding hydrogens is 386 g/mol. The van der Waals surface area contributed by atoms with Crippen LogP contribution in [0.15, 0.2) is 54.6 Å². The van der Waals surface area contributed by atoms with Gasteiger partial charge in [0.1, 0.15) is 5.54 Å². The Morgan fingerprint density at radius 3 is 2.43 bits per heavy atom. The average Bonchev–Trinajstić information content (AvgIpc) is 3.00. The van der Waals surface area contributed by atoms with Gasteiger partial charge in [0.2, 0.25) is 0 Å². The van der Waals surface area contributed by atoms with Crippen LogP contribution in [0.25, 0.3) is 0 Å². The van der Waals surface area contributed by atoms with Gasteiger partial charge in [-0.1, -0.05) is 42.5 Å². The summed E-state index contributed by atoms with van der Waals surface area (Å²) in [5.41, 5.74) is 0.281. The molecule has 1 saturated heterocycles. The Kier molecular flexibility index (Phi) is 5.86. The fourth-order valence-electron chi connectivity index (χ4n) is 3.23. The molecule has 0 spiro atoms. The highest BCUT2D eigenvalue weighted by Gasteiger charge is 2.43. The van der Waals surface area contributed by atoms with Gasteiger partial charge in [0.15, 0.2) is 6.10 Å². The van der Waals surface area contributed by atoms with Crippen LogP contribution in [0.5, 0.6) is 0 Å². The summed E-state index contributed by atoms with van der Waals surface area (Å²) in [5.74, 6) is -1.54. The summed E-state index contributed by atoms with van der Waals surface area (Å²) in [6.45, 7) is 3.45. The van der Waals surface area contributed by atoms with Crippen molar-refractivity contribution in [1.29, 1.82) is 0 Å². The summed E-state index contributed by atoms with van der Waals surface area (Å²) in [6.07, 6.45) is -0.986. The second-order valence-corrected chi connectivity index (χ2v) is 7.34. The van der Waals surface area contributed by atoms with Crippen molar-refractivity contribution >= 4 is 23.8 Å². The first-order valence-corrected chi connectivity index (χ1v) is 9.45. The van der Waals surface area contributed by atoms with Crippen LogP contribution >= 0.6 is 0 Å². The van der Waals surface area contributed by atoms with Gasteiger partial charge in [0.05, 0.1) is 5.56 Å². The van der Waals surface area contributed by atoms with Gasteiger partial charge < -0.3 is 15.0 Å². The summed E-state index contributed by atoms with van der Waals surface area (Å²) in [6, 6.07) is 15.1. The van der Waals surface area contributed by atoms with E-state index in [-0.39, 0.29) is 11.5 Å². The number of carbonyl (C=O) groups is 4. The highest BCUT2D eigenvalue weighted by molar-refractivity contribution is 6.07. The molecule has 0 bridgehead atoms. The molecule has 8 heteroatoms. The number of amides is 4. The number of ether oxygens (including phenoxy) is 1. The lowest BCUT2D eigenvalue weighted by Crippen LogP contribution is -2.40. The van der Waals surface area contributed by atoms with Crippen molar-refractivity contribution in [3.63, 3.8) is 0 Å². The lowest BCUT2D eigenvalue weighted by molar-refractivity contribution is -0.139. The number of rotatable bonds is 6. The van der Waals surface area contributed by atoms with Crippen LogP contribution in [-0.2, 0) is 26.4 Å². The first-order chi connectivity index (χ1) is 14.2. The molecule has 2 atom stereocenters. The second kappa shape index (κ2) is 8.36. The Morgan fingerprint density at radius 1 is 1.10 bits per heavy atom. The Bertz CT molecular complexity index is 991. The predicted octanol–water partition coefficient (Wildman–Crippen LogP) is 1.95. The van der Waals surface area contributed by atoms with E-state index in [4.69, 9.17) is 4.74 Å². The Balaban J connectivity index is 1.67. The molecule has 156 valence electrons. The van der Waals surface area contributed by atoms with Crippen molar-refractivity contribution in [2.45, 2.75) is 32.0 Å². The second-order valence-electron chi connectivity index (χ2n) is 7.34. The molecule has 4 amide bonds. The number of likely N-dealkylation sites (N-methyl/N-ethyl adjacent to an activating group) is 1. The van der Waals surface area contributed by atoms with Gasteiger partial charge in [0.25, 0.3) is 11.8 Å². The minimum atomic E-state index is -1.29. The topological polar surface area (TPSA) is 105 Å². The van der Waals surface area contributed by atoms with Crippen LogP contribution in [0, 0.1) is 0 Å². The largest absolute Gasteiger partial charge is 0.449 e. The maximum Gasteiger partial charge on any atom is 0.338 e. The van der Waals surface area contributed by atoms with Gasteiger partial charge in [-0.3, -0.25) is 14.9 Å². The zero-order valence-corrected chi connectivity index (χ0v) is 17.0. The van der Waals surface area contributed by atoms with Crippen LogP contribution in [0.1, 0.15) is 35.3 Å². The lowest BCUT2D eigenvalue weighted by atomic mass is 9.91. The molecule has 2 N–H and O–H groups in total. The van der Waals surface area contributed by atoms with E-state index >= 15 is 0 Å². The van der Waals surface area contributed by atoms with E-state index in [1.165, 1.54) is 24.0 Å². The van der Waals surface area contributed by atoms with Gasteiger partial charge in [0, 0.05) is 13.6 Å². The minimum absolute atomic E-state index is 0.174. The van der Waals surface area contributed by atoms with E-state index in [1.807, 2.05) is 30.3 Å². The van der Waals surface area contributed by atoms with E-state index in [2.05, 4.69) is 10.6 Å². The average molecular weight is 409 g/mol. The summed E-state index contributed by atoms with van der Waals surface area (Å²) < 4.78 is 5.34. The Labute approximate surface area is 174 Å². The maximum absolute atomic E-state index is 12.6. The zero-order chi connectivity index (χ0) is 21.9. The monoisotopic (exact) mass is 409 g/mol. The van der Waals surface area contributed by atoms with Gasteiger partial charge >= 0.3 is 12.0 Å². The fraction of sp³-hybridized carbons (Fsp3) is 0.273. The molecule has 0 radical (unpaired) electrons. The smallest absolute Gasteiger partial charge is 0.338 e. The maximum atomic E-state index is 12.6. The number of urea groups is 1. The highest BCUT2D eigenvalue weighted by atomic mass is 16.5. The van der Waals surface area contributed by atoms with Crippen molar-refractivity contribution < 1.29 is 23.9 Å². The summed E-state index contributed by atoms with van der Waals surface area (Å²) in [4.78, 5) is 50.3. The molecule has 0 aromatic heterocycles. The molecule has 1 heterocycles. The van der Waals surface area contributed by atoms with Crippen LogP contribution in [0.2, 0.25) is 0 Å². The molecule has 2 aromatic rings. The third-order valence-corrected chi connectivity index (χ3v) is 4.99. The fourth-order valence-corrected chi connectivity index (χ4v) is 3.23. The van der Waals surface area contributed by atoms with Crippen LogP contribution in [-0.4, -0.2) is 41.9 Å². The number of esters is 1. The van der Waals surface area contributed by atoms with Crippen molar-refractivity contribution in [2.24, 2.45) is 0 Å². The number of hydrogen-bond donors (Lipinski definition) is 2. The SMILES string of the molecule is CC(OC(=O)c1cccc(C2(C)NC(=O)NC2=O)c1)C(=O)N(C)Cc1ccccc1. The van der Waals surface area contributed by atoms with Gasteiger partial charge in [-0.05, 0) is 37.1 Å². The van der Waals surface area contributed by atoms with E-state index in [0.29, 0.717) is 12.1 Å². The van der Waals surface area contributed by atoms with Crippen molar-refractivity contribution in [2.75, 3.05) is 7.05 Å². The molecule has 1 aliphatic rings. The van der Waals surface area contributed by atoms with Gasteiger partial charge in [-0.15, -0.1) is 0 Å². The number of nitrogens with one attached hydrogen (secondary N) is 2. The first-order valence-electron chi connectivity index (χ1n) is 9.45. The summed E-state index contributed by atoms with van der Waals surface area (Å²) >= 11 is 0. The Morgan fingerprint density at radius 2 is 1.80 bits per heavy atom. The normalized spacial score (nSPS) is 18.9. The van der Waals surface area contributed by atoms with E-state index in [9.17, 15) is 19.2 Å². The molecule has 1 fully saturated rings. The van der Waals surface area contributed by atoms with Crippen molar-refractivity contribution in [3.05, 3.63) is 71.3 Å². The molecule has 3 rings (SSSR count). The number of carbonyl (C=O) groups excluding carboxylic acids is 4. The highest BCUT2D eigenvalue weighted by Crippen LogP contribution is 2.25. The van der Waals surface area contributed by atoms with E-state index in [0.717, 1.165) is 5.56 Å². The molecule has 1 aliphatic heterocycles. The third kappa shape index (κ3) is 4.32. The number of hydrogen-bond acceptors (Lipinski definition) is 5. The quantitative estimate of drug-likeness (QED) is 0.560. The minimum Gasteiger partial charge on any atom is -0.449 e. The van der Waals surface area contributed by atoms with Crippen molar-refractivity contribution in [3.8, 4) is 0 Å². The molecule has 2 aromatic carbocycles. The lowest BCUT2D eigenvalue weighted by Gasteiger charge is -2.23. The number of nitrogens with zero attached hydrogens (tertiary/aromatic N) is 1. The third-order valence-electron chi connectivity index (χ3n) is 4.99.